The number of nitrogens with two attached hydrogens (primary N) is 1. The lowest BCUT2D eigenvalue weighted by molar-refractivity contribution is -0.141. The molecule has 0 bridgehead atoms. The number of carboxylic acids is 2. The number of imidazole rings is 1. The summed E-state index contributed by atoms with van der Waals surface area (Å²) in [6, 6.07) is 10.4. The molecule has 0 aliphatic rings. The van der Waals surface area contributed by atoms with Crippen LogP contribution in [0, 0.1) is 5.92 Å². The van der Waals surface area contributed by atoms with E-state index in [0.29, 0.717) is 44.1 Å². The highest BCUT2D eigenvalue weighted by Gasteiger charge is 2.39. The van der Waals surface area contributed by atoms with E-state index < -0.39 is 187 Å². The zero-order chi connectivity index (χ0) is 81.7. The fraction of sp³-hybridized carbons (Fsp3) is 0.392. The Morgan fingerprint density at radius 1 is 0.464 bits per heavy atom. The van der Waals surface area contributed by atoms with E-state index in [9.17, 15) is 78.0 Å². The largest absolute Gasteiger partial charge is 0.508 e. The molecule has 12 amide bonds. The van der Waals surface area contributed by atoms with Gasteiger partial charge in [0.1, 0.15) is 85.4 Å². The van der Waals surface area contributed by atoms with Crippen molar-refractivity contribution in [2.45, 2.75) is 139 Å². The minimum atomic E-state index is -1.89. The van der Waals surface area contributed by atoms with Crippen molar-refractivity contribution in [2.75, 3.05) is 37.8 Å². The summed E-state index contributed by atoms with van der Waals surface area (Å²) < 4.78 is 5.10. The molecular weight excluding hydrogens is 1500 g/mol. The molecule has 3 heterocycles. The first-order valence-corrected chi connectivity index (χ1v) is 36.8. The quantitative estimate of drug-likeness (QED) is 0.0139. The first kappa shape index (κ1) is 87.4. The van der Waals surface area contributed by atoms with Gasteiger partial charge in [0.05, 0.1) is 25.5 Å². The van der Waals surface area contributed by atoms with Crippen molar-refractivity contribution in [3.63, 3.8) is 0 Å². The van der Waals surface area contributed by atoms with Crippen LogP contribution in [-0.2, 0) is 104 Å². The minimum Gasteiger partial charge on any atom is -0.508 e. The summed E-state index contributed by atoms with van der Waals surface area (Å²) in [7, 11) is 0. The normalized spacial score (nSPS) is 14.4. The number of aliphatic carboxylic acids is 2. The Morgan fingerprint density at radius 3 is 1.41 bits per heavy atom. The Kier molecular flexibility index (Phi) is 33.5. The average Bonchev–Trinajstić information content (AvgIpc) is 1.66. The molecule has 600 valence electrons. The van der Waals surface area contributed by atoms with Gasteiger partial charge in [0, 0.05) is 96.2 Å². The number of nitrogens with zero attached hydrogens (tertiary/aromatic N) is 1. The summed E-state index contributed by atoms with van der Waals surface area (Å²) in [5.74, 6) is -16.3. The van der Waals surface area contributed by atoms with Crippen LogP contribution in [0.3, 0.4) is 0 Å². The van der Waals surface area contributed by atoms with Gasteiger partial charge in [-0.05, 0) is 66.3 Å². The molecular formula is C74H93N17O19S2. The molecule has 7 aromatic rings. The average molecular weight is 1590 g/mol. The third-order valence-corrected chi connectivity index (χ3v) is 18.4. The highest BCUT2D eigenvalue weighted by molar-refractivity contribution is 7.80. The van der Waals surface area contributed by atoms with Gasteiger partial charge in [-0.25, -0.2) is 4.98 Å². The predicted molar refractivity (Wildman–Crippen MR) is 412 cm³/mol. The van der Waals surface area contributed by atoms with Crippen LogP contribution in [-0.4, -0.2) is 234 Å². The molecule has 0 unspecified atom stereocenters. The number of para-hydroxylation sites is 2. The van der Waals surface area contributed by atoms with Crippen LogP contribution in [0.25, 0.3) is 21.8 Å². The third kappa shape index (κ3) is 26.4. The Hall–Kier alpha value is -11.9. The molecule has 0 spiro atoms. The second kappa shape index (κ2) is 42.9. The zero-order valence-corrected chi connectivity index (χ0v) is 63.2. The SMILES string of the molecule is CC(C)[C@H](NC(=O)[C@H](Cc1c[nH]c2ccccc12)NC(=O)[C@H](CC(=O)O)NC(=O)[C@H](C)NC(=O)[C@H](CS)NC(=O)COCCN)C(=O)N[C@@H](CS)C(=O)N[C@@H](Cc1ccc(O)cc1)C(=O)N[C@@H](Cc1c[nH]c2ccccc12)C(=O)N[C@@H](Cc1cnc[nH]1)C(=O)N[C@H](C(=O)N[C@@H](Cc1ccccc1)C(=O)NCC(=O)O)[C@@H](C)O. The number of aromatic hydroxyl groups is 1. The van der Waals surface area contributed by atoms with Gasteiger partial charge in [-0.15, -0.1) is 0 Å². The van der Waals surface area contributed by atoms with E-state index in [1.807, 2.05) is 0 Å². The number of rotatable bonds is 44. The second-order valence-corrected chi connectivity index (χ2v) is 27.4. The van der Waals surface area contributed by atoms with Gasteiger partial charge in [-0.2, -0.15) is 25.3 Å². The number of carbonyl (C=O) groups excluding carboxylic acids is 12. The molecule has 36 nitrogen and oxygen atoms in total. The number of benzene rings is 4. The van der Waals surface area contributed by atoms with E-state index in [4.69, 9.17) is 10.5 Å². The molecule has 112 heavy (non-hydrogen) atoms. The van der Waals surface area contributed by atoms with Gasteiger partial charge in [0.25, 0.3) is 0 Å². The summed E-state index contributed by atoms with van der Waals surface area (Å²) in [6.07, 6.45) is 1.71. The minimum absolute atomic E-state index is 0.0603. The van der Waals surface area contributed by atoms with Crippen LogP contribution in [0.2, 0.25) is 0 Å². The Bertz CT molecular complexity index is 4430. The van der Waals surface area contributed by atoms with Crippen molar-refractivity contribution in [1.29, 1.82) is 0 Å². The number of aliphatic hydroxyl groups is 1. The molecule has 21 N–H and O–H groups in total. The summed E-state index contributed by atoms with van der Waals surface area (Å²) in [5, 5.41) is 72.0. The van der Waals surface area contributed by atoms with Gasteiger partial charge in [-0.1, -0.05) is 92.7 Å². The Labute approximate surface area is 652 Å². The first-order valence-electron chi connectivity index (χ1n) is 35.6. The number of ether oxygens (including phenoxy) is 1. The Balaban J connectivity index is 1.12. The van der Waals surface area contributed by atoms with Gasteiger partial charge >= 0.3 is 11.9 Å². The van der Waals surface area contributed by atoms with Gasteiger partial charge in [0.15, 0.2) is 0 Å². The lowest BCUT2D eigenvalue weighted by Crippen LogP contribution is -2.62. The number of fused-ring (bicyclic) bond motifs is 2. The van der Waals surface area contributed by atoms with Crippen LogP contribution in [0.5, 0.6) is 5.75 Å². The summed E-state index contributed by atoms with van der Waals surface area (Å²) in [6.45, 7) is 4.47. The molecule has 38 heteroatoms. The molecule has 0 saturated carbocycles. The predicted octanol–water partition coefficient (Wildman–Crippen LogP) is -2.51. The van der Waals surface area contributed by atoms with Crippen LogP contribution in [0.15, 0.2) is 128 Å². The zero-order valence-electron chi connectivity index (χ0n) is 61.4. The number of carbonyl (C=O) groups is 14. The monoisotopic (exact) mass is 1590 g/mol. The maximum atomic E-state index is 15.2. The fourth-order valence-corrected chi connectivity index (χ4v) is 12.2. The van der Waals surface area contributed by atoms with Crippen LogP contribution < -0.4 is 69.5 Å². The number of H-pyrrole nitrogens is 3. The molecule has 7 rings (SSSR count). The number of phenolic OH excluding ortho intramolecular Hbond substituents is 1. The molecule has 0 aliphatic heterocycles. The number of aromatic nitrogens is 4. The summed E-state index contributed by atoms with van der Waals surface area (Å²) in [5.41, 5.74) is 8.83. The molecule has 4 aromatic carbocycles. The van der Waals surface area contributed by atoms with Gasteiger partial charge < -0.3 is 110 Å². The molecule has 0 aliphatic carbocycles. The molecule has 0 fully saturated rings. The molecule has 0 radical (unpaired) electrons. The standard InChI is InChI=1S/C74H93N17O19S2/c1-38(2)62(90-69(104)54(27-44-31-78-50-17-11-9-15-48(44)50)86-68(103)56(29-60(95)96)83-64(99)39(3)81-71(106)57(35-111)82-59(94)34-110-23-22-75)73(108)89-58(36-112)72(107)84-52(25-42-18-20-46(93)21-19-42)66(101)85-53(26-43-30-77-49-16-10-8-14-47(43)49)67(102)87-55(28-45-32-76-37-80-45)70(105)91-63(40(4)92)74(109)88-51(65(100)79-33-61(97)98)24-41-12-6-5-7-13-41/h5-21,30-32,37-40,51-58,62-63,77-78,92-93,111-112H,22-29,33-36,75H2,1-4H3,(H,76,80)(H,79,100)(H,81,106)(H,82,94)(H,83,99)(H,84,107)(H,85,101)(H,86,103)(H,87,102)(H,88,109)(H,89,108)(H,90,104)(H,91,105)(H,95,96)(H,97,98)/t39-,40+,51-,52-,53-,54-,55-,56-,57-,58-,62-,63-/m0/s1. The van der Waals surface area contributed by atoms with E-state index >= 15 is 9.59 Å². The first-order chi connectivity index (χ1) is 53.4. The fourth-order valence-electron chi connectivity index (χ4n) is 11.7. The maximum Gasteiger partial charge on any atom is 0.322 e. The third-order valence-electron chi connectivity index (χ3n) is 17.6. The highest BCUT2D eigenvalue weighted by Crippen LogP contribution is 2.23. The van der Waals surface area contributed by atoms with Crippen LogP contribution >= 0.6 is 25.3 Å². The molecule has 3 aromatic heterocycles. The molecule has 0 saturated heterocycles. The van der Waals surface area contributed by atoms with Crippen molar-refractivity contribution >= 4 is 130 Å². The number of aliphatic hydroxyl groups excluding tert-OH is 1. The van der Waals surface area contributed by atoms with Crippen LogP contribution in [0.1, 0.15) is 62.1 Å². The maximum absolute atomic E-state index is 15.2. The van der Waals surface area contributed by atoms with E-state index in [2.05, 4.69) is 109 Å². The van der Waals surface area contributed by atoms with Crippen LogP contribution in [0.4, 0.5) is 0 Å². The number of phenols is 1. The van der Waals surface area contributed by atoms with E-state index in [-0.39, 0.29) is 62.5 Å². The number of amides is 12. The lowest BCUT2D eigenvalue weighted by atomic mass is 9.99. The van der Waals surface area contributed by atoms with E-state index in [1.165, 1.54) is 50.6 Å². The van der Waals surface area contributed by atoms with E-state index in [1.54, 1.807) is 105 Å². The van der Waals surface area contributed by atoms with E-state index in [0.717, 1.165) is 0 Å². The van der Waals surface area contributed by atoms with Crippen molar-refractivity contribution < 1.29 is 92.3 Å². The molecule has 12 atom stereocenters. The van der Waals surface area contributed by atoms with Gasteiger partial charge in [0.2, 0.25) is 70.9 Å². The number of nitrogens with one attached hydrogen (secondary N) is 15. The van der Waals surface area contributed by atoms with Gasteiger partial charge in [-0.3, -0.25) is 67.1 Å². The lowest BCUT2D eigenvalue weighted by Gasteiger charge is -2.29. The summed E-state index contributed by atoms with van der Waals surface area (Å²) in [4.78, 5) is 207. The summed E-state index contributed by atoms with van der Waals surface area (Å²) >= 11 is 8.52. The van der Waals surface area contributed by atoms with Crippen molar-refractivity contribution in [3.8, 4) is 5.75 Å². The highest BCUT2D eigenvalue weighted by atomic mass is 32.1. The second-order valence-electron chi connectivity index (χ2n) is 26.6. The number of hydrogen-bond acceptors (Lipinski definition) is 21. The van der Waals surface area contributed by atoms with Crippen molar-refractivity contribution in [1.82, 2.24) is 83.7 Å². The number of hydrogen-bond donors (Lipinski definition) is 22. The van der Waals surface area contributed by atoms with Crippen molar-refractivity contribution in [2.24, 2.45) is 11.7 Å². The number of aromatic amines is 3. The van der Waals surface area contributed by atoms with Crippen molar-refractivity contribution in [3.05, 3.63) is 156 Å². The topological polar surface area (TPSA) is 560 Å². The number of thiol groups is 2. The Morgan fingerprint density at radius 2 is 0.902 bits per heavy atom. The smallest absolute Gasteiger partial charge is 0.322 e. The number of carboxylic acid groups (broad SMARTS) is 2.